The second-order valence-corrected chi connectivity index (χ2v) is 4.97. The summed E-state index contributed by atoms with van der Waals surface area (Å²) in [7, 11) is 1.36. The summed E-state index contributed by atoms with van der Waals surface area (Å²) in [5.41, 5.74) is 0. The van der Waals surface area contributed by atoms with Crippen molar-refractivity contribution in [3.05, 3.63) is 0 Å². The fraction of sp³-hybridized carbons (Fsp3) is 0.857. The largest absolute Gasteiger partial charge is 0.469 e. The van der Waals surface area contributed by atoms with Crippen LogP contribution in [0, 0.1) is 11.8 Å². The Hall–Kier alpha value is -1.06. The molecule has 0 heterocycles. The first-order chi connectivity index (χ1) is 8.67. The normalized spacial score (nSPS) is 23.4. The van der Waals surface area contributed by atoms with E-state index in [0.717, 1.165) is 31.6 Å². The highest BCUT2D eigenvalue weighted by molar-refractivity contribution is 5.72. The standard InChI is InChI=1S/C14H24O4/c1-3-11-6-8-12(9-7-11)14(16)18-10-4-5-13(15)17-2/h11-12H,3-10H2,1-2H3. The van der Waals surface area contributed by atoms with Crippen LogP contribution >= 0.6 is 0 Å². The van der Waals surface area contributed by atoms with E-state index in [2.05, 4.69) is 11.7 Å². The van der Waals surface area contributed by atoms with Crippen LogP contribution in [-0.2, 0) is 19.1 Å². The highest BCUT2D eigenvalue weighted by Gasteiger charge is 2.26. The predicted molar refractivity (Wildman–Crippen MR) is 67.9 cm³/mol. The van der Waals surface area contributed by atoms with E-state index in [4.69, 9.17) is 4.74 Å². The third kappa shape index (κ3) is 5.07. The molecule has 0 saturated heterocycles. The molecular weight excluding hydrogens is 232 g/mol. The zero-order valence-electron chi connectivity index (χ0n) is 11.4. The van der Waals surface area contributed by atoms with Gasteiger partial charge in [-0.3, -0.25) is 9.59 Å². The summed E-state index contributed by atoms with van der Waals surface area (Å²) < 4.78 is 9.72. The lowest BCUT2D eigenvalue weighted by Gasteiger charge is -2.26. The van der Waals surface area contributed by atoms with Crippen molar-refractivity contribution < 1.29 is 19.1 Å². The van der Waals surface area contributed by atoms with E-state index in [-0.39, 0.29) is 17.9 Å². The van der Waals surface area contributed by atoms with Crippen molar-refractivity contribution in [2.75, 3.05) is 13.7 Å². The van der Waals surface area contributed by atoms with Gasteiger partial charge in [0.2, 0.25) is 0 Å². The van der Waals surface area contributed by atoms with Gasteiger partial charge in [-0.1, -0.05) is 13.3 Å². The minimum atomic E-state index is -0.255. The molecule has 0 aromatic rings. The molecule has 1 rings (SSSR count). The van der Waals surface area contributed by atoms with E-state index in [1.54, 1.807) is 0 Å². The second kappa shape index (κ2) is 8.11. The molecule has 0 N–H and O–H groups in total. The number of carbonyl (C=O) groups is 2. The van der Waals surface area contributed by atoms with Crippen molar-refractivity contribution in [2.45, 2.75) is 51.9 Å². The predicted octanol–water partition coefficient (Wildman–Crippen LogP) is 2.70. The van der Waals surface area contributed by atoms with Gasteiger partial charge in [0.25, 0.3) is 0 Å². The first-order valence-electron chi connectivity index (χ1n) is 6.90. The lowest BCUT2D eigenvalue weighted by atomic mass is 9.81. The van der Waals surface area contributed by atoms with Crippen LogP contribution in [0.25, 0.3) is 0 Å². The molecule has 0 aromatic carbocycles. The van der Waals surface area contributed by atoms with E-state index in [9.17, 15) is 9.59 Å². The van der Waals surface area contributed by atoms with Crippen LogP contribution in [0.3, 0.4) is 0 Å². The average Bonchev–Trinajstić information content (AvgIpc) is 2.43. The van der Waals surface area contributed by atoms with Gasteiger partial charge < -0.3 is 9.47 Å². The second-order valence-electron chi connectivity index (χ2n) is 4.97. The van der Waals surface area contributed by atoms with Crippen LogP contribution in [0.5, 0.6) is 0 Å². The van der Waals surface area contributed by atoms with Gasteiger partial charge in [-0.2, -0.15) is 0 Å². The topological polar surface area (TPSA) is 52.6 Å². The molecule has 4 heteroatoms. The molecule has 18 heavy (non-hydrogen) atoms. The first-order valence-corrected chi connectivity index (χ1v) is 6.90. The first kappa shape index (κ1) is 15.0. The molecule has 1 saturated carbocycles. The maximum Gasteiger partial charge on any atom is 0.308 e. The SMILES string of the molecule is CCC1CCC(C(=O)OCCCC(=O)OC)CC1. The Labute approximate surface area is 109 Å². The minimum absolute atomic E-state index is 0.0749. The van der Waals surface area contributed by atoms with Gasteiger partial charge in [-0.25, -0.2) is 0 Å². The molecule has 0 spiro atoms. The molecule has 104 valence electrons. The highest BCUT2D eigenvalue weighted by Crippen LogP contribution is 2.31. The van der Waals surface area contributed by atoms with Crippen molar-refractivity contribution in [1.29, 1.82) is 0 Å². The van der Waals surface area contributed by atoms with E-state index in [1.165, 1.54) is 13.5 Å². The van der Waals surface area contributed by atoms with Gasteiger partial charge in [0.15, 0.2) is 0 Å². The fourth-order valence-electron chi connectivity index (χ4n) is 2.42. The molecule has 0 aromatic heterocycles. The van der Waals surface area contributed by atoms with Crippen molar-refractivity contribution in [3.63, 3.8) is 0 Å². The summed E-state index contributed by atoms with van der Waals surface area (Å²) in [6.45, 7) is 2.53. The van der Waals surface area contributed by atoms with Gasteiger partial charge in [-0.15, -0.1) is 0 Å². The Bertz CT molecular complexity index is 267. The fourth-order valence-corrected chi connectivity index (χ4v) is 2.42. The number of ether oxygens (including phenoxy) is 2. The van der Waals surface area contributed by atoms with E-state index < -0.39 is 0 Å². The molecule has 0 bridgehead atoms. The van der Waals surface area contributed by atoms with Crippen molar-refractivity contribution in [3.8, 4) is 0 Å². The van der Waals surface area contributed by atoms with Gasteiger partial charge in [0, 0.05) is 6.42 Å². The third-order valence-corrected chi connectivity index (χ3v) is 3.75. The quantitative estimate of drug-likeness (QED) is 0.541. The lowest BCUT2D eigenvalue weighted by Crippen LogP contribution is -2.24. The van der Waals surface area contributed by atoms with Gasteiger partial charge in [0.05, 0.1) is 19.6 Å². The number of rotatable bonds is 6. The number of carbonyl (C=O) groups excluding carboxylic acids is 2. The van der Waals surface area contributed by atoms with Gasteiger partial charge in [0.1, 0.15) is 0 Å². The molecular formula is C14H24O4. The maximum atomic E-state index is 11.8. The van der Waals surface area contributed by atoms with Crippen LogP contribution in [0.4, 0.5) is 0 Å². The monoisotopic (exact) mass is 256 g/mol. The molecule has 0 atom stereocenters. The third-order valence-electron chi connectivity index (χ3n) is 3.75. The average molecular weight is 256 g/mol. The minimum Gasteiger partial charge on any atom is -0.469 e. The van der Waals surface area contributed by atoms with Crippen LogP contribution in [0.15, 0.2) is 0 Å². The van der Waals surface area contributed by atoms with Crippen LogP contribution in [0.1, 0.15) is 51.9 Å². The molecule has 0 amide bonds. The number of methoxy groups -OCH3 is 1. The van der Waals surface area contributed by atoms with Crippen molar-refractivity contribution in [2.24, 2.45) is 11.8 Å². The smallest absolute Gasteiger partial charge is 0.308 e. The van der Waals surface area contributed by atoms with Gasteiger partial charge in [-0.05, 0) is 38.0 Å². The zero-order valence-corrected chi connectivity index (χ0v) is 11.4. The summed E-state index contributed by atoms with van der Waals surface area (Å²) in [5.74, 6) is 0.517. The Morgan fingerprint density at radius 1 is 1.17 bits per heavy atom. The van der Waals surface area contributed by atoms with Crippen molar-refractivity contribution in [1.82, 2.24) is 0 Å². The number of esters is 2. The van der Waals surface area contributed by atoms with E-state index >= 15 is 0 Å². The maximum absolute atomic E-state index is 11.8. The Kier molecular flexibility index (Phi) is 6.76. The summed E-state index contributed by atoms with van der Waals surface area (Å²) in [5, 5.41) is 0. The number of hydrogen-bond acceptors (Lipinski definition) is 4. The van der Waals surface area contributed by atoms with Crippen LogP contribution < -0.4 is 0 Å². The Balaban J connectivity index is 2.12. The molecule has 1 aliphatic rings. The van der Waals surface area contributed by atoms with Crippen molar-refractivity contribution >= 4 is 11.9 Å². The molecule has 0 radical (unpaired) electrons. The zero-order chi connectivity index (χ0) is 13.4. The van der Waals surface area contributed by atoms with E-state index in [0.29, 0.717) is 19.4 Å². The van der Waals surface area contributed by atoms with Crippen LogP contribution in [-0.4, -0.2) is 25.7 Å². The summed E-state index contributed by atoms with van der Waals surface area (Å²) in [6, 6.07) is 0. The summed E-state index contributed by atoms with van der Waals surface area (Å²) in [4.78, 5) is 22.6. The summed E-state index contributed by atoms with van der Waals surface area (Å²) in [6.07, 6.45) is 6.25. The molecule has 0 aliphatic heterocycles. The van der Waals surface area contributed by atoms with Crippen LogP contribution in [0.2, 0.25) is 0 Å². The Morgan fingerprint density at radius 2 is 1.83 bits per heavy atom. The Morgan fingerprint density at radius 3 is 2.39 bits per heavy atom. The summed E-state index contributed by atoms with van der Waals surface area (Å²) >= 11 is 0. The molecule has 1 fully saturated rings. The molecule has 1 aliphatic carbocycles. The highest BCUT2D eigenvalue weighted by atomic mass is 16.5. The molecule has 0 unspecified atom stereocenters. The van der Waals surface area contributed by atoms with Gasteiger partial charge >= 0.3 is 11.9 Å². The lowest BCUT2D eigenvalue weighted by molar-refractivity contribution is -0.151. The number of hydrogen-bond donors (Lipinski definition) is 0. The van der Waals surface area contributed by atoms with E-state index in [1.807, 2.05) is 0 Å². The molecule has 4 nitrogen and oxygen atoms in total.